The van der Waals surface area contributed by atoms with Crippen LogP contribution >= 0.6 is 23.2 Å². The summed E-state index contributed by atoms with van der Waals surface area (Å²) in [5, 5.41) is 20.3. The molecule has 1 aromatic carbocycles. The van der Waals surface area contributed by atoms with E-state index < -0.39 is 4.92 Å². The summed E-state index contributed by atoms with van der Waals surface area (Å²) in [6, 6.07) is 2.74. The van der Waals surface area contributed by atoms with Gasteiger partial charge in [0.2, 0.25) is 0 Å². The molecule has 0 aliphatic heterocycles. The largest absolute Gasteiger partial charge is 0.396 e. The highest BCUT2D eigenvalue weighted by Gasteiger charge is 2.20. The number of aliphatic hydroxyl groups excluding tert-OH is 1. The van der Waals surface area contributed by atoms with Gasteiger partial charge in [-0.3, -0.25) is 10.1 Å². The number of nitro groups is 1. The van der Waals surface area contributed by atoms with E-state index >= 15 is 0 Å². The van der Waals surface area contributed by atoms with Crippen LogP contribution in [-0.4, -0.2) is 29.7 Å². The monoisotopic (exact) mass is 292 g/mol. The summed E-state index contributed by atoms with van der Waals surface area (Å²) in [6.45, 7) is 3.01. The topological polar surface area (TPSA) is 66.6 Å². The predicted molar refractivity (Wildman–Crippen MR) is 72.7 cm³/mol. The van der Waals surface area contributed by atoms with Gasteiger partial charge >= 0.3 is 0 Å². The average Bonchev–Trinajstić information content (AvgIpc) is 2.33. The van der Waals surface area contributed by atoms with Gasteiger partial charge in [0.1, 0.15) is 5.69 Å². The molecule has 0 atom stereocenters. The molecule has 5 nitrogen and oxygen atoms in total. The van der Waals surface area contributed by atoms with Crippen molar-refractivity contribution in [1.82, 2.24) is 0 Å². The van der Waals surface area contributed by atoms with Crippen LogP contribution in [0.1, 0.15) is 13.3 Å². The summed E-state index contributed by atoms with van der Waals surface area (Å²) in [7, 11) is 0. The van der Waals surface area contributed by atoms with E-state index in [4.69, 9.17) is 28.3 Å². The maximum atomic E-state index is 11.0. The van der Waals surface area contributed by atoms with E-state index in [1.54, 1.807) is 4.90 Å². The maximum absolute atomic E-state index is 11.0. The van der Waals surface area contributed by atoms with E-state index in [1.165, 1.54) is 12.1 Å². The Labute approximate surface area is 115 Å². The van der Waals surface area contributed by atoms with E-state index in [1.807, 2.05) is 6.92 Å². The van der Waals surface area contributed by atoms with Gasteiger partial charge in [-0.1, -0.05) is 23.2 Å². The van der Waals surface area contributed by atoms with E-state index in [9.17, 15) is 10.1 Å². The Balaban J connectivity index is 3.18. The highest BCUT2D eigenvalue weighted by atomic mass is 35.5. The SMILES string of the molecule is CCN(CCCO)c1cc(Cl)c(Cl)cc1[N+](=O)[O-]. The van der Waals surface area contributed by atoms with Crippen molar-refractivity contribution in [1.29, 1.82) is 0 Å². The van der Waals surface area contributed by atoms with Crippen LogP contribution in [-0.2, 0) is 0 Å². The number of hydrogen-bond acceptors (Lipinski definition) is 4. The molecule has 0 aliphatic carbocycles. The second kappa shape index (κ2) is 6.78. The Kier molecular flexibility index (Phi) is 5.65. The zero-order valence-corrected chi connectivity index (χ0v) is 11.4. The molecule has 1 N–H and O–H groups in total. The molecule has 0 aliphatic rings. The van der Waals surface area contributed by atoms with Gasteiger partial charge in [0.05, 0.1) is 15.0 Å². The first-order valence-corrected chi connectivity index (χ1v) is 6.26. The lowest BCUT2D eigenvalue weighted by Crippen LogP contribution is -2.25. The van der Waals surface area contributed by atoms with E-state index in [0.717, 1.165) is 0 Å². The fourth-order valence-corrected chi connectivity index (χ4v) is 1.95. The lowest BCUT2D eigenvalue weighted by molar-refractivity contribution is -0.384. The molecule has 0 bridgehead atoms. The minimum absolute atomic E-state index is 0.0334. The second-order valence-corrected chi connectivity index (χ2v) is 4.48. The van der Waals surface area contributed by atoms with Gasteiger partial charge < -0.3 is 10.0 Å². The fraction of sp³-hybridized carbons (Fsp3) is 0.455. The molecule has 0 amide bonds. The second-order valence-electron chi connectivity index (χ2n) is 3.67. The highest BCUT2D eigenvalue weighted by molar-refractivity contribution is 6.42. The summed E-state index contributed by atoms with van der Waals surface area (Å²) in [4.78, 5) is 12.3. The van der Waals surface area contributed by atoms with Crippen molar-refractivity contribution in [2.24, 2.45) is 0 Å². The van der Waals surface area contributed by atoms with Crippen molar-refractivity contribution in [3.05, 3.63) is 32.3 Å². The molecule has 0 unspecified atom stereocenters. The molecule has 7 heteroatoms. The van der Waals surface area contributed by atoms with Crippen molar-refractivity contribution in [2.75, 3.05) is 24.6 Å². The Morgan fingerprint density at radius 1 is 1.39 bits per heavy atom. The Bertz CT molecular complexity index is 441. The normalized spacial score (nSPS) is 10.4. The first-order chi connectivity index (χ1) is 8.51. The van der Waals surface area contributed by atoms with Crippen molar-refractivity contribution >= 4 is 34.6 Å². The molecular weight excluding hydrogens is 279 g/mol. The lowest BCUT2D eigenvalue weighted by atomic mass is 10.2. The van der Waals surface area contributed by atoms with Gasteiger partial charge in [-0.25, -0.2) is 0 Å². The maximum Gasteiger partial charge on any atom is 0.294 e. The van der Waals surface area contributed by atoms with Gasteiger partial charge in [-0.2, -0.15) is 0 Å². The molecule has 1 aromatic rings. The molecule has 0 saturated carbocycles. The predicted octanol–water partition coefficient (Wildman–Crippen LogP) is 3.11. The zero-order chi connectivity index (χ0) is 13.7. The molecule has 0 saturated heterocycles. The minimum atomic E-state index is -0.487. The summed E-state index contributed by atoms with van der Waals surface area (Å²) >= 11 is 11.7. The van der Waals surface area contributed by atoms with E-state index in [-0.39, 0.29) is 22.3 Å². The summed E-state index contributed by atoms with van der Waals surface area (Å²) in [5.41, 5.74) is 0.342. The van der Waals surface area contributed by atoms with E-state index in [0.29, 0.717) is 25.2 Å². The third kappa shape index (κ3) is 3.48. The van der Waals surface area contributed by atoms with Crippen molar-refractivity contribution in [3.63, 3.8) is 0 Å². The standard InChI is InChI=1S/C11H14Cl2N2O3/c1-2-14(4-3-5-16)10-6-8(12)9(13)7-11(10)15(17)18/h6-7,16H,2-5H2,1H3. The average molecular weight is 293 g/mol. The lowest BCUT2D eigenvalue weighted by Gasteiger charge is -2.22. The zero-order valence-electron chi connectivity index (χ0n) is 9.90. The van der Waals surface area contributed by atoms with Crippen LogP contribution in [0.4, 0.5) is 11.4 Å². The number of halogens is 2. The molecular formula is C11H14Cl2N2O3. The molecule has 1 rings (SSSR count). The number of hydrogen-bond donors (Lipinski definition) is 1. The Hall–Kier alpha value is -1.04. The summed E-state index contributed by atoms with van der Waals surface area (Å²) < 4.78 is 0. The third-order valence-corrected chi connectivity index (χ3v) is 3.24. The van der Waals surface area contributed by atoms with E-state index in [2.05, 4.69) is 0 Å². The molecule has 0 heterocycles. The summed E-state index contributed by atoms with van der Waals surface area (Å²) in [5.74, 6) is 0. The van der Waals surface area contributed by atoms with Crippen LogP contribution in [0.3, 0.4) is 0 Å². The molecule has 18 heavy (non-hydrogen) atoms. The van der Waals surface area contributed by atoms with Gasteiger partial charge in [0.25, 0.3) is 5.69 Å². The number of rotatable bonds is 6. The molecule has 100 valence electrons. The third-order valence-electron chi connectivity index (χ3n) is 2.52. The summed E-state index contributed by atoms with van der Waals surface area (Å²) in [6.07, 6.45) is 0.533. The van der Waals surface area contributed by atoms with Crippen LogP contribution in [0, 0.1) is 10.1 Å². The van der Waals surface area contributed by atoms with Crippen molar-refractivity contribution < 1.29 is 10.0 Å². The van der Waals surface area contributed by atoms with Crippen LogP contribution in [0.2, 0.25) is 10.0 Å². The first kappa shape index (κ1) is 15.0. The van der Waals surface area contributed by atoms with Gasteiger partial charge in [0.15, 0.2) is 0 Å². The van der Waals surface area contributed by atoms with Crippen LogP contribution in [0.25, 0.3) is 0 Å². The van der Waals surface area contributed by atoms with Crippen molar-refractivity contribution in [2.45, 2.75) is 13.3 Å². The number of aliphatic hydroxyl groups is 1. The van der Waals surface area contributed by atoms with Crippen LogP contribution < -0.4 is 4.90 Å². The number of anilines is 1. The molecule has 0 aromatic heterocycles. The number of nitrogens with zero attached hydrogens (tertiary/aromatic N) is 2. The number of nitro benzene ring substituents is 1. The highest BCUT2D eigenvalue weighted by Crippen LogP contribution is 2.36. The smallest absolute Gasteiger partial charge is 0.294 e. The van der Waals surface area contributed by atoms with Gasteiger partial charge in [-0.05, 0) is 19.4 Å². The minimum Gasteiger partial charge on any atom is -0.396 e. The number of benzene rings is 1. The van der Waals surface area contributed by atoms with Gasteiger partial charge in [0, 0.05) is 25.8 Å². The van der Waals surface area contributed by atoms with Crippen LogP contribution in [0.15, 0.2) is 12.1 Å². The Morgan fingerprint density at radius 2 is 2.00 bits per heavy atom. The molecule has 0 radical (unpaired) electrons. The first-order valence-electron chi connectivity index (χ1n) is 5.50. The van der Waals surface area contributed by atoms with Crippen LogP contribution in [0.5, 0.6) is 0 Å². The molecule has 0 fully saturated rings. The van der Waals surface area contributed by atoms with Gasteiger partial charge in [-0.15, -0.1) is 0 Å². The fourth-order valence-electron chi connectivity index (χ4n) is 1.64. The quantitative estimate of drug-likeness (QED) is 0.646. The Morgan fingerprint density at radius 3 is 2.50 bits per heavy atom. The van der Waals surface area contributed by atoms with Crippen molar-refractivity contribution in [3.8, 4) is 0 Å². The molecule has 0 spiro atoms.